The van der Waals surface area contributed by atoms with Crippen LogP contribution >= 0.6 is 0 Å². The third kappa shape index (κ3) is 2.14. The summed E-state index contributed by atoms with van der Waals surface area (Å²) in [5.74, 6) is 0.528. The first-order chi connectivity index (χ1) is 10.7. The van der Waals surface area contributed by atoms with E-state index in [0.717, 1.165) is 5.56 Å². The van der Waals surface area contributed by atoms with Crippen LogP contribution in [0.5, 0.6) is 0 Å². The van der Waals surface area contributed by atoms with Gasteiger partial charge in [-0.1, -0.05) is 35.1 Å². The lowest BCUT2D eigenvalue weighted by atomic mass is 10.2. The molecule has 2 heterocycles. The second-order valence-corrected chi connectivity index (χ2v) is 4.47. The van der Waals surface area contributed by atoms with E-state index in [0.29, 0.717) is 17.1 Å². The zero-order valence-corrected chi connectivity index (χ0v) is 12.1. The van der Waals surface area contributed by atoms with E-state index in [-0.39, 0.29) is 11.5 Å². The number of hydrogen-bond donors (Lipinski definition) is 0. The molecule has 8 nitrogen and oxygen atoms in total. The minimum absolute atomic E-state index is 0.0390. The molecule has 0 N–H and O–H groups in total. The Morgan fingerprint density at radius 2 is 1.86 bits per heavy atom. The summed E-state index contributed by atoms with van der Waals surface area (Å²) in [6.45, 7) is 2.29. The van der Waals surface area contributed by atoms with Gasteiger partial charge in [-0.2, -0.15) is 10.1 Å². The van der Waals surface area contributed by atoms with E-state index in [2.05, 4.69) is 15.1 Å². The highest BCUT2D eigenvalue weighted by atomic mass is 16.7. The van der Waals surface area contributed by atoms with Crippen LogP contribution in [0.3, 0.4) is 0 Å². The van der Waals surface area contributed by atoms with Crippen LogP contribution in [0.2, 0.25) is 0 Å². The van der Waals surface area contributed by atoms with Crippen molar-refractivity contribution in [3.05, 3.63) is 51.2 Å². The zero-order chi connectivity index (χ0) is 15.7. The second-order valence-electron chi connectivity index (χ2n) is 4.47. The fraction of sp³-hybridized carbons (Fsp3) is 0.214. The summed E-state index contributed by atoms with van der Waals surface area (Å²) in [5.41, 5.74) is -0.643. The Morgan fingerprint density at radius 1 is 1.14 bits per heavy atom. The first-order valence-corrected chi connectivity index (χ1v) is 6.67. The third-order valence-corrected chi connectivity index (χ3v) is 3.17. The summed E-state index contributed by atoms with van der Waals surface area (Å²) in [7, 11) is 1.23. The van der Waals surface area contributed by atoms with E-state index in [1.807, 2.05) is 37.3 Å². The van der Waals surface area contributed by atoms with Crippen LogP contribution in [-0.4, -0.2) is 31.6 Å². The van der Waals surface area contributed by atoms with Crippen LogP contribution in [-0.2, 0) is 6.54 Å². The molecule has 112 valence electrons. The van der Waals surface area contributed by atoms with Gasteiger partial charge in [-0.3, -0.25) is 4.79 Å². The maximum absolute atomic E-state index is 12.3. The normalized spacial score (nSPS) is 10.8. The molecule has 0 aromatic heterocycles. The van der Waals surface area contributed by atoms with Gasteiger partial charge in [0, 0.05) is 12.1 Å². The predicted octanol–water partition coefficient (Wildman–Crippen LogP) is 0.0451. The van der Waals surface area contributed by atoms with Gasteiger partial charge in [0.05, 0.1) is 0 Å². The molecule has 0 radical (unpaired) electrons. The van der Waals surface area contributed by atoms with Gasteiger partial charge in [-0.15, -0.1) is 0 Å². The molecule has 3 rings (SSSR count). The van der Waals surface area contributed by atoms with E-state index in [1.165, 1.54) is 11.8 Å². The topological polar surface area (TPSA) is 91.9 Å². The van der Waals surface area contributed by atoms with Crippen LogP contribution in [0, 0.1) is 0 Å². The SMILES string of the molecule is CCn1nc(-c2ccccc2)nc2c(=O)n(OC)c(=O)nc1-2. The summed E-state index contributed by atoms with van der Waals surface area (Å²) in [6, 6.07) is 9.26. The maximum Gasteiger partial charge on any atom is 0.386 e. The molecule has 0 saturated carbocycles. The molecular formula is C14H13N5O3. The monoisotopic (exact) mass is 299 g/mol. The zero-order valence-electron chi connectivity index (χ0n) is 12.1. The second kappa shape index (κ2) is 5.40. The Bertz CT molecular complexity index is 901. The molecule has 0 fully saturated rings. The van der Waals surface area contributed by atoms with Crippen molar-refractivity contribution < 1.29 is 4.84 Å². The van der Waals surface area contributed by atoms with Gasteiger partial charge >= 0.3 is 11.2 Å². The van der Waals surface area contributed by atoms with E-state index >= 15 is 0 Å². The van der Waals surface area contributed by atoms with Crippen LogP contribution in [0.4, 0.5) is 0 Å². The van der Waals surface area contributed by atoms with Gasteiger partial charge in [0.15, 0.2) is 17.3 Å². The van der Waals surface area contributed by atoms with Gasteiger partial charge in [0.1, 0.15) is 7.11 Å². The summed E-state index contributed by atoms with van der Waals surface area (Å²) < 4.78 is 2.05. The van der Waals surface area contributed by atoms with Gasteiger partial charge in [0.25, 0.3) is 0 Å². The average Bonchev–Trinajstić information content (AvgIpc) is 2.55. The molecule has 8 heteroatoms. The molecule has 22 heavy (non-hydrogen) atoms. The van der Waals surface area contributed by atoms with E-state index in [4.69, 9.17) is 4.84 Å². The van der Waals surface area contributed by atoms with E-state index < -0.39 is 11.2 Å². The molecule has 0 spiro atoms. The Hall–Kier alpha value is -3.03. The van der Waals surface area contributed by atoms with E-state index in [1.54, 1.807) is 0 Å². The molecule has 0 aliphatic carbocycles. The first kappa shape index (κ1) is 13.9. The minimum Gasteiger partial charge on any atom is -0.409 e. The number of rotatable bonds is 3. The smallest absolute Gasteiger partial charge is 0.386 e. The molecule has 0 unspecified atom stereocenters. The van der Waals surface area contributed by atoms with Crippen molar-refractivity contribution in [2.75, 3.05) is 7.11 Å². The molecule has 2 aliphatic heterocycles. The fourth-order valence-electron chi connectivity index (χ4n) is 2.13. The molecule has 0 saturated heterocycles. The Labute approximate surface area is 124 Å². The minimum atomic E-state index is -0.793. The van der Waals surface area contributed by atoms with Gasteiger partial charge < -0.3 is 4.84 Å². The maximum atomic E-state index is 12.3. The molecular weight excluding hydrogens is 286 g/mol. The highest BCUT2D eigenvalue weighted by Gasteiger charge is 2.21. The number of fused-ring (bicyclic) bond motifs is 1. The van der Waals surface area contributed by atoms with E-state index in [9.17, 15) is 9.59 Å². The van der Waals surface area contributed by atoms with Crippen molar-refractivity contribution in [1.29, 1.82) is 0 Å². The number of aryl methyl sites for hydroxylation is 1. The lowest BCUT2D eigenvalue weighted by Crippen LogP contribution is -2.41. The van der Waals surface area contributed by atoms with Gasteiger partial charge in [-0.05, 0) is 6.92 Å². The van der Waals surface area contributed by atoms with Crippen molar-refractivity contribution in [2.45, 2.75) is 13.5 Å². The van der Waals surface area contributed by atoms with Crippen LogP contribution in [0.15, 0.2) is 39.9 Å². The lowest BCUT2D eigenvalue weighted by molar-refractivity contribution is 0.144. The van der Waals surface area contributed by atoms with Gasteiger partial charge in [-0.25, -0.2) is 14.5 Å². The molecule has 2 aliphatic rings. The largest absolute Gasteiger partial charge is 0.409 e. The summed E-state index contributed by atoms with van der Waals surface area (Å²) in [6.07, 6.45) is 0. The number of hydrogen-bond acceptors (Lipinski definition) is 6. The van der Waals surface area contributed by atoms with Crippen molar-refractivity contribution in [3.8, 4) is 22.9 Å². The number of aromatic nitrogens is 5. The summed E-state index contributed by atoms with van der Waals surface area (Å²) in [5, 5.41) is 4.34. The summed E-state index contributed by atoms with van der Waals surface area (Å²) in [4.78, 5) is 36.9. The molecule has 0 atom stereocenters. The average molecular weight is 299 g/mol. The molecule has 0 bridgehead atoms. The summed E-state index contributed by atoms with van der Waals surface area (Å²) >= 11 is 0. The highest BCUT2D eigenvalue weighted by Crippen LogP contribution is 2.18. The van der Waals surface area contributed by atoms with Crippen LogP contribution < -0.4 is 16.1 Å². The predicted molar refractivity (Wildman–Crippen MR) is 78.6 cm³/mol. The number of nitrogens with zero attached hydrogens (tertiary/aromatic N) is 5. The van der Waals surface area contributed by atoms with Gasteiger partial charge in [0.2, 0.25) is 0 Å². The van der Waals surface area contributed by atoms with Crippen molar-refractivity contribution >= 4 is 0 Å². The first-order valence-electron chi connectivity index (χ1n) is 6.67. The Kier molecular flexibility index (Phi) is 3.42. The van der Waals surface area contributed by atoms with Crippen molar-refractivity contribution in [1.82, 2.24) is 24.5 Å². The highest BCUT2D eigenvalue weighted by molar-refractivity contribution is 5.59. The van der Waals surface area contributed by atoms with Crippen LogP contribution in [0.1, 0.15) is 6.92 Å². The molecule has 1 aromatic rings. The van der Waals surface area contributed by atoms with Crippen LogP contribution in [0.25, 0.3) is 22.9 Å². The molecule has 0 amide bonds. The Morgan fingerprint density at radius 3 is 2.50 bits per heavy atom. The third-order valence-electron chi connectivity index (χ3n) is 3.17. The quantitative estimate of drug-likeness (QED) is 0.678. The van der Waals surface area contributed by atoms with Crippen molar-refractivity contribution in [3.63, 3.8) is 0 Å². The standard InChI is InChI=1S/C14H13N5O3/c1-3-18-12-10(13(20)19(22-2)14(21)16-12)15-11(17-18)9-7-5-4-6-8-9/h4-8H,3H2,1-2H3. The lowest BCUT2D eigenvalue weighted by Gasteiger charge is -2.13. The fourth-order valence-corrected chi connectivity index (χ4v) is 2.13. The number of benzene rings is 1. The molecule has 1 aromatic carbocycles. The van der Waals surface area contributed by atoms with Crippen molar-refractivity contribution in [2.24, 2.45) is 0 Å². The Balaban J connectivity index is 2.38.